The number of anilines is 1. The van der Waals surface area contributed by atoms with Gasteiger partial charge in [-0.3, -0.25) is 4.79 Å². The van der Waals surface area contributed by atoms with Gasteiger partial charge in [0.25, 0.3) is 0 Å². The first-order valence-corrected chi connectivity index (χ1v) is 13.7. The fourth-order valence-corrected chi connectivity index (χ4v) is 6.08. The van der Waals surface area contributed by atoms with Crippen molar-refractivity contribution in [2.45, 2.75) is 70.9 Å². The van der Waals surface area contributed by atoms with Crippen molar-refractivity contribution in [1.82, 2.24) is 14.8 Å². The Hall–Kier alpha value is -2.92. The van der Waals surface area contributed by atoms with Crippen LogP contribution in [0.5, 0.6) is 5.75 Å². The van der Waals surface area contributed by atoms with E-state index in [0.717, 1.165) is 36.1 Å². The molecule has 0 spiro atoms. The molecule has 0 unspecified atom stereocenters. The first kappa shape index (κ1) is 26.2. The van der Waals surface area contributed by atoms with Crippen LogP contribution in [0.1, 0.15) is 60.2 Å². The summed E-state index contributed by atoms with van der Waals surface area (Å²) in [7, 11) is 0. The number of carbonyl (C=O) groups is 2. The number of thioether (sulfide) groups is 1. The third-order valence-electron chi connectivity index (χ3n) is 5.59. The average molecular weight is 533 g/mol. The van der Waals surface area contributed by atoms with E-state index in [1.54, 1.807) is 12.1 Å². The molecular formula is C25H29FN4O4S2. The van der Waals surface area contributed by atoms with Crippen molar-refractivity contribution in [3.05, 3.63) is 51.9 Å². The van der Waals surface area contributed by atoms with Gasteiger partial charge in [0, 0.05) is 11.4 Å². The van der Waals surface area contributed by atoms with E-state index in [-0.39, 0.29) is 36.2 Å². The number of hydrogen-bond acceptors (Lipinski definition) is 8. The molecule has 1 N–H and O–H groups in total. The van der Waals surface area contributed by atoms with E-state index in [1.165, 1.54) is 35.2 Å². The molecule has 0 atom stereocenters. The lowest BCUT2D eigenvalue weighted by molar-refractivity contribution is -0.113. The summed E-state index contributed by atoms with van der Waals surface area (Å²) in [6.07, 6.45) is 3.60. The third-order valence-corrected chi connectivity index (χ3v) is 7.77. The smallest absolute Gasteiger partial charge is 0.341 e. The number of nitrogens with one attached hydrogen (secondary N) is 1. The van der Waals surface area contributed by atoms with Crippen molar-refractivity contribution in [3.63, 3.8) is 0 Å². The Balaban J connectivity index is 1.40. The summed E-state index contributed by atoms with van der Waals surface area (Å²) < 4.78 is 26.1. The predicted octanol–water partition coefficient (Wildman–Crippen LogP) is 5.25. The number of fused-ring (bicyclic) bond motifs is 1. The number of thiophene rings is 1. The van der Waals surface area contributed by atoms with Crippen LogP contribution in [0.15, 0.2) is 29.4 Å². The lowest BCUT2D eigenvalue weighted by Gasteiger charge is -2.14. The van der Waals surface area contributed by atoms with E-state index in [4.69, 9.17) is 9.47 Å². The molecule has 0 saturated carbocycles. The molecule has 0 fully saturated rings. The quantitative estimate of drug-likeness (QED) is 0.281. The number of rotatable bonds is 10. The molecule has 2 heterocycles. The highest BCUT2D eigenvalue weighted by Crippen LogP contribution is 2.39. The molecule has 192 valence electrons. The monoisotopic (exact) mass is 532 g/mol. The summed E-state index contributed by atoms with van der Waals surface area (Å²) in [6.45, 7) is 6.35. The minimum absolute atomic E-state index is 0.109. The minimum Gasteiger partial charge on any atom is -0.486 e. The van der Waals surface area contributed by atoms with E-state index in [2.05, 4.69) is 15.5 Å². The number of nitrogens with zero attached hydrogens (tertiary/aromatic N) is 3. The van der Waals surface area contributed by atoms with E-state index >= 15 is 0 Å². The molecule has 1 aromatic carbocycles. The van der Waals surface area contributed by atoms with Crippen molar-refractivity contribution in [3.8, 4) is 5.75 Å². The van der Waals surface area contributed by atoms with Gasteiger partial charge in [-0.25, -0.2) is 9.18 Å². The number of carbonyl (C=O) groups excluding carboxylic acids is 2. The van der Waals surface area contributed by atoms with Gasteiger partial charge in [-0.2, -0.15) is 0 Å². The van der Waals surface area contributed by atoms with Crippen LogP contribution in [-0.4, -0.2) is 38.5 Å². The van der Waals surface area contributed by atoms with Gasteiger partial charge in [0.1, 0.15) is 23.2 Å². The topological polar surface area (TPSA) is 95.3 Å². The Morgan fingerprint density at radius 1 is 1.19 bits per heavy atom. The van der Waals surface area contributed by atoms with Gasteiger partial charge < -0.3 is 19.4 Å². The second-order valence-electron chi connectivity index (χ2n) is 8.59. The van der Waals surface area contributed by atoms with E-state index < -0.39 is 0 Å². The van der Waals surface area contributed by atoms with Gasteiger partial charge in [0.05, 0.1) is 17.4 Å². The fraction of sp³-hybridized carbons (Fsp3) is 0.440. The number of ether oxygens (including phenoxy) is 2. The van der Waals surface area contributed by atoms with Crippen molar-refractivity contribution in [1.29, 1.82) is 0 Å². The number of aryl methyl sites for hydroxylation is 1. The second kappa shape index (κ2) is 11.9. The zero-order chi connectivity index (χ0) is 25.7. The SMILES string of the molecule is CCn1c(COc2ccc(F)cc2)nnc1SCC(=O)Nc1sc2c(c1C(=O)OC(C)C)CCCC2. The molecule has 4 rings (SSSR count). The van der Waals surface area contributed by atoms with E-state index in [0.29, 0.717) is 33.8 Å². The Labute approximate surface area is 217 Å². The molecule has 8 nitrogen and oxygen atoms in total. The van der Waals surface area contributed by atoms with Crippen LogP contribution in [0, 0.1) is 5.82 Å². The molecule has 36 heavy (non-hydrogen) atoms. The molecular weight excluding hydrogens is 503 g/mol. The zero-order valence-corrected chi connectivity index (χ0v) is 22.1. The summed E-state index contributed by atoms with van der Waals surface area (Å²) in [5.74, 6) is 0.298. The maximum absolute atomic E-state index is 13.1. The van der Waals surface area contributed by atoms with Gasteiger partial charge in [-0.1, -0.05) is 11.8 Å². The lowest BCUT2D eigenvalue weighted by Crippen LogP contribution is -2.19. The Morgan fingerprint density at radius 2 is 1.94 bits per heavy atom. The molecule has 0 bridgehead atoms. The molecule has 0 radical (unpaired) electrons. The van der Waals surface area contributed by atoms with Crippen molar-refractivity contribution < 1.29 is 23.5 Å². The van der Waals surface area contributed by atoms with Gasteiger partial charge in [0.15, 0.2) is 11.0 Å². The van der Waals surface area contributed by atoms with Crippen molar-refractivity contribution in [2.24, 2.45) is 0 Å². The van der Waals surface area contributed by atoms with Crippen LogP contribution in [-0.2, 0) is 35.5 Å². The largest absolute Gasteiger partial charge is 0.486 e. The standard InChI is InChI=1S/C25H29FN4O4S2/c1-4-30-20(13-33-17-11-9-16(26)10-12-17)28-29-25(30)35-14-21(31)27-23-22(24(32)34-15(2)3)18-7-5-6-8-19(18)36-23/h9-12,15H,4-8,13-14H2,1-3H3,(H,27,31). The molecule has 0 aliphatic heterocycles. The second-order valence-corrected chi connectivity index (χ2v) is 10.6. The first-order chi connectivity index (χ1) is 17.4. The maximum Gasteiger partial charge on any atom is 0.341 e. The summed E-state index contributed by atoms with van der Waals surface area (Å²) in [6, 6.07) is 5.76. The number of benzene rings is 1. The van der Waals surface area contributed by atoms with Gasteiger partial charge >= 0.3 is 5.97 Å². The van der Waals surface area contributed by atoms with Crippen molar-refractivity contribution in [2.75, 3.05) is 11.1 Å². The number of esters is 1. The highest BCUT2D eigenvalue weighted by atomic mass is 32.2. The Kier molecular flexibility index (Phi) is 8.63. The lowest BCUT2D eigenvalue weighted by atomic mass is 9.95. The molecule has 2 aromatic heterocycles. The summed E-state index contributed by atoms with van der Waals surface area (Å²) >= 11 is 2.73. The molecule has 11 heteroatoms. The fourth-order valence-electron chi connectivity index (χ4n) is 3.96. The Bertz CT molecular complexity index is 1220. The van der Waals surface area contributed by atoms with Crippen LogP contribution in [0.2, 0.25) is 0 Å². The van der Waals surface area contributed by atoms with Crippen LogP contribution < -0.4 is 10.1 Å². The first-order valence-electron chi connectivity index (χ1n) is 11.9. The zero-order valence-electron chi connectivity index (χ0n) is 20.5. The average Bonchev–Trinajstić information content (AvgIpc) is 3.42. The number of amides is 1. The summed E-state index contributed by atoms with van der Waals surface area (Å²) in [5.41, 5.74) is 1.51. The van der Waals surface area contributed by atoms with Gasteiger partial charge in [-0.05, 0) is 76.3 Å². The summed E-state index contributed by atoms with van der Waals surface area (Å²) in [5, 5.41) is 12.5. The predicted molar refractivity (Wildman–Crippen MR) is 137 cm³/mol. The van der Waals surface area contributed by atoms with Crippen LogP contribution in [0.25, 0.3) is 0 Å². The van der Waals surface area contributed by atoms with Gasteiger partial charge in [0.2, 0.25) is 5.91 Å². The highest BCUT2D eigenvalue weighted by molar-refractivity contribution is 7.99. The number of aromatic nitrogens is 3. The number of hydrogen-bond donors (Lipinski definition) is 1. The number of halogens is 1. The van der Waals surface area contributed by atoms with Crippen LogP contribution in [0.4, 0.5) is 9.39 Å². The minimum atomic E-state index is -0.385. The van der Waals surface area contributed by atoms with E-state index in [1.807, 2.05) is 25.3 Å². The van der Waals surface area contributed by atoms with E-state index in [9.17, 15) is 14.0 Å². The maximum atomic E-state index is 13.1. The van der Waals surface area contributed by atoms with Crippen molar-refractivity contribution >= 4 is 40.0 Å². The molecule has 3 aromatic rings. The van der Waals surface area contributed by atoms with Crippen LogP contribution >= 0.6 is 23.1 Å². The third kappa shape index (κ3) is 6.25. The highest BCUT2D eigenvalue weighted by Gasteiger charge is 2.28. The molecule has 0 saturated heterocycles. The molecule has 1 aliphatic carbocycles. The molecule has 1 amide bonds. The molecule has 1 aliphatic rings. The summed E-state index contributed by atoms with van der Waals surface area (Å²) in [4.78, 5) is 26.8. The normalized spacial score (nSPS) is 12.9. The Morgan fingerprint density at radius 3 is 2.67 bits per heavy atom. The van der Waals surface area contributed by atoms with Crippen LogP contribution in [0.3, 0.4) is 0 Å². The van der Waals surface area contributed by atoms with Gasteiger partial charge in [-0.15, -0.1) is 21.5 Å².